The first-order valence-corrected chi connectivity index (χ1v) is 18.4. The summed E-state index contributed by atoms with van der Waals surface area (Å²) >= 11 is 1.47. The van der Waals surface area contributed by atoms with E-state index in [0.717, 1.165) is 78.5 Å². The molecule has 0 atom stereocenters. The molecular formula is C40H43ClN4O7S. The Bertz CT molecular complexity index is 1960. The number of carbonyl (C=O) groups excluding carboxylic acids is 3. The number of thiophene rings is 1. The molecule has 1 heterocycles. The zero-order valence-electron chi connectivity index (χ0n) is 29.2. The summed E-state index contributed by atoms with van der Waals surface area (Å²) in [7, 11) is 0. The van der Waals surface area contributed by atoms with Crippen molar-refractivity contribution in [3.63, 3.8) is 0 Å². The number of nitrogens with one attached hydrogen (secondary N) is 3. The van der Waals surface area contributed by atoms with Crippen LogP contribution < -0.4 is 16.0 Å². The number of aromatic carboxylic acids is 1. The Morgan fingerprint density at radius 2 is 1.45 bits per heavy atom. The van der Waals surface area contributed by atoms with Crippen LogP contribution in [0.5, 0.6) is 0 Å². The lowest BCUT2D eigenvalue weighted by Crippen LogP contribution is -2.36. The van der Waals surface area contributed by atoms with E-state index in [1.165, 1.54) is 11.3 Å². The van der Waals surface area contributed by atoms with E-state index >= 15 is 0 Å². The standard InChI is InChI=1S/C40H42N4O7S.ClH/c45-34(23-35(46)47)41-20-21-44(31-18-19-31)24-27-4-3-5-29(22-27)37(48)43-39-36(32-6-1-2-7-33(32)52-39)38(49)42-30-16-12-26(13-17-30)9-8-25-10-14-28(15-11-25)40(50)51;/h3-5,10-17,22,31H,1-2,6-9,18-21,23-24H2,(H,41,45)(H,42,49)(H,43,48)(H,46,47)(H,50,51);1H. The molecule has 6 rings (SSSR count). The van der Waals surface area contributed by atoms with Gasteiger partial charge < -0.3 is 26.2 Å². The van der Waals surface area contributed by atoms with Crippen LogP contribution in [-0.2, 0) is 41.8 Å². The highest BCUT2D eigenvalue weighted by atomic mass is 35.5. The predicted octanol–water partition coefficient (Wildman–Crippen LogP) is 6.59. The molecule has 0 spiro atoms. The van der Waals surface area contributed by atoms with Crippen LogP contribution in [0.25, 0.3) is 0 Å². The van der Waals surface area contributed by atoms with Crippen LogP contribution in [0.15, 0.2) is 72.8 Å². The van der Waals surface area contributed by atoms with Gasteiger partial charge in [-0.2, -0.15) is 0 Å². The number of amides is 3. The zero-order valence-corrected chi connectivity index (χ0v) is 30.8. The number of aliphatic carboxylic acids is 1. The molecule has 0 unspecified atom stereocenters. The van der Waals surface area contributed by atoms with E-state index in [2.05, 4.69) is 20.9 Å². The van der Waals surface area contributed by atoms with Crippen molar-refractivity contribution < 1.29 is 34.2 Å². The lowest BCUT2D eigenvalue weighted by molar-refractivity contribution is -0.140. The molecule has 0 aliphatic heterocycles. The number of fused-ring (bicyclic) bond motifs is 1. The Morgan fingerprint density at radius 1 is 0.774 bits per heavy atom. The second kappa shape index (κ2) is 18.1. The third kappa shape index (κ3) is 10.8. The molecule has 5 N–H and O–H groups in total. The number of nitrogens with zero attached hydrogens (tertiary/aromatic N) is 1. The Hall–Kier alpha value is -5.04. The van der Waals surface area contributed by atoms with Crippen LogP contribution in [0.4, 0.5) is 10.7 Å². The summed E-state index contributed by atoms with van der Waals surface area (Å²) in [5, 5.41) is 27.3. The number of carboxylic acid groups (broad SMARTS) is 2. The topological polar surface area (TPSA) is 165 Å². The van der Waals surface area contributed by atoms with Gasteiger partial charge in [0.05, 0.1) is 11.1 Å². The van der Waals surface area contributed by atoms with Crippen molar-refractivity contribution in [3.8, 4) is 0 Å². The minimum absolute atomic E-state index is 0. The first-order valence-electron chi connectivity index (χ1n) is 17.6. The normalized spacial score (nSPS) is 13.4. The van der Waals surface area contributed by atoms with Crippen molar-refractivity contribution in [3.05, 3.63) is 117 Å². The fourth-order valence-corrected chi connectivity index (χ4v) is 7.82. The minimum atomic E-state index is -1.16. The number of carboxylic acids is 2. The Labute approximate surface area is 318 Å². The highest BCUT2D eigenvalue weighted by Gasteiger charge is 2.29. The molecule has 0 bridgehead atoms. The summed E-state index contributed by atoms with van der Waals surface area (Å²) < 4.78 is 0. The number of rotatable bonds is 16. The third-order valence-corrected chi connectivity index (χ3v) is 10.6. The number of halogens is 1. The quantitative estimate of drug-likeness (QED) is 0.0799. The van der Waals surface area contributed by atoms with Gasteiger partial charge in [0.1, 0.15) is 11.4 Å². The van der Waals surface area contributed by atoms with Crippen LogP contribution in [-0.4, -0.2) is 63.9 Å². The van der Waals surface area contributed by atoms with Crippen LogP contribution in [0.2, 0.25) is 0 Å². The van der Waals surface area contributed by atoms with Crippen LogP contribution in [0.3, 0.4) is 0 Å². The van der Waals surface area contributed by atoms with Gasteiger partial charge in [-0.1, -0.05) is 36.4 Å². The van der Waals surface area contributed by atoms with E-state index in [9.17, 15) is 24.0 Å². The minimum Gasteiger partial charge on any atom is -0.481 e. The lowest BCUT2D eigenvalue weighted by Gasteiger charge is -2.22. The van der Waals surface area contributed by atoms with E-state index in [4.69, 9.17) is 10.2 Å². The molecular weight excluding hydrogens is 716 g/mol. The summed E-state index contributed by atoms with van der Waals surface area (Å²) in [4.78, 5) is 64.5. The fraction of sp³-hybridized carbons (Fsp3) is 0.325. The number of hydrogen-bond donors (Lipinski definition) is 5. The third-order valence-electron chi connectivity index (χ3n) is 9.41. The van der Waals surface area contributed by atoms with E-state index in [1.807, 2.05) is 54.6 Å². The maximum atomic E-state index is 13.8. The average molecular weight is 759 g/mol. The maximum absolute atomic E-state index is 13.8. The maximum Gasteiger partial charge on any atom is 0.335 e. The largest absolute Gasteiger partial charge is 0.481 e. The fourth-order valence-electron chi connectivity index (χ4n) is 6.54. The van der Waals surface area contributed by atoms with Crippen molar-refractivity contribution in [2.75, 3.05) is 23.7 Å². The van der Waals surface area contributed by atoms with Gasteiger partial charge in [0.15, 0.2) is 0 Å². The number of hydrogen-bond acceptors (Lipinski definition) is 7. The number of aryl methyl sites for hydroxylation is 3. The van der Waals surface area contributed by atoms with Crippen molar-refractivity contribution in [2.24, 2.45) is 0 Å². The number of benzene rings is 3. The molecule has 53 heavy (non-hydrogen) atoms. The number of carbonyl (C=O) groups is 5. The molecule has 0 radical (unpaired) electrons. The molecule has 13 heteroatoms. The molecule has 3 amide bonds. The SMILES string of the molecule is Cl.O=C(O)CC(=O)NCCN(Cc1cccc(C(=O)Nc2sc3c(c2C(=O)Nc2ccc(CCc4ccc(C(=O)O)cc4)cc2)CCCC3)c1)C1CC1. The monoisotopic (exact) mass is 758 g/mol. The molecule has 1 saturated carbocycles. The van der Waals surface area contributed by atoms with E-state index in [-0.39, 0.29) is 29.8 Å². The first-order chi connectivity index (χ1) is 25.1. The molecule has 2 aliphatic rings. The molecule has 0 saturated heterocycles. The van der Waals surface area contributed by atoms with E-state index in [1.54, 1.807) is 18.2 Å². The van der Waals surface area contributed by atoms with Crippen LogP contribution >= 0.6 is 23.7 Å². The number of anilines is 2. The molecule has 3 aromatic carbocycles. The van der Waals surface area contributed by atoms with Gasteiger partial charge in [-0.15, -0.1) is 23.7 Å². The molecule has 11 nitrogen and oxygen atoms in total. The molecule has 1 fully saturated rings. The van der Waals surface area contributed by atoms with Gasteiger partial charge in [-0.3, -0.25) is 24.1 Å². The summed E-state index contributed by atoms with van der Waals surface area (Å²) in [6.07, 6.45) is 6.73. The highest BCUT2D eigenvalue weighted by Crippen LogP contribution is 2.39. The van der Waals surface area contributed by atoms with E-state index < -0.39 is 24.3 Å². The zero-order chi connectivity index (χ0) is 36.6. The lowest BCUT2D eigenvalue weighted by atomic mass is 9.95. The van der Waals surface area contributed by atoms with Gasteiger partial charge >= 0.3 is 11.9 Å². The Kier molecular flexibility index (Phi) is 13.4. The van der Waals surface area contributed by atoms with Gasteiger partial charge in [0.2, 0.25) is 5.91 Å². The molecule has 278 valence electrons. The molecule has 1 aromatic heterocycles. The summed E-state index contributed by atoms with van der Waals surface area (Å²) in [6.45, 7) is 1.49. The van der Waals surface area contributed by atoms with Crippen molar-refractivity contribution >= 4 is 64.1 Å². The summed E-state index contributed by atoms with van der Waals surface area (Å²) in [5.74, 6) is -3.18. The van der Waals surface area contributed by atoms with Crippen LogP contribution in [0, 0.1) is 0 Å². The van der Waals surface area contributed by atoms with Crippen molar-refractivity contribution in [1.82, 2.24) is 10.2 Å². The Morgan fingerprint density at radius 3 is 2.11 bits per heavy atom. The van der Waals surface area contributed by atoms with Crippen LogP contribution in [0.1, 0.15) is 90.3 Å². The smallest absolute Gasteiger partial charge is 0.335 e. The predicted molar refractivity (Wildman–Crippen MR) is 207 cm³/mol. The molecule has 2 aliphatic carbocycles. The van der Waals surface area contributed by atoms with E-state index in [0.29, 0.717) is 47.5 Å². The van der Waals surface area contributed by atoms with Crippen molar-refractivity contribution in [1.29, 1.82) is 0 Å². The first kappa shape index (κ1) is 39.2. The van der Waals surface area contributed by atoms with Crippen molar-refractivity contribution in [2.45, 2.75) is 70.4 Å². The van der Waals surface area contributed by atoms with Gasteiger partial charge in [0.25, 0.3) is 11.8 Å². The van der Waals surface area contributed by atoms with Gasteiger partial charge in [-0.05, 0) is 110 Å². The average Bonchev–Trinajstić information content (AvgIpc) is 3.91. The highest BCUT2D eigenvalue weighted by molar-refractivity contribution is 7.17. The molecule has 4 aromatic rings. The summed E-state index contributed by atoms with van der Waals surface area (Å²) in [6, 6.07) is 22.4. The second-order valence-electron chi connectivity index (χ2n) is 13.3. The Balaban J connectivity index is 0.00000541. The van der Waals surface area contributed by atoms with Gasteiger partial charge in [-0.25, -0.2) is 4.79 Å². The van der Waals surface area contributed by atoms with Gasteiger partial charge in [0, 0.05) is 41.8 Å². The summed E-state index contributed by atoms with van der Waals surface area (Å²) in [5.41, 5.74) is 5.99. The second-order valence-corrected chi connectivity index (χ2v) is 14.4.